The lowest BCUT2D eigenvalue weighted by Crippen LogP contribution is -2.31. The molecule has 2 aromatic rings. The van der Waals surface area contributed by atoms with Gasteiger partial charge in [0.2, 0.25) is 0 Å². The third-order valence-electron chi connectivity index (χ3n) is 3.92. The van der Waals surface area contributed by atoms with Gasteiger partial charge in [-0.05, 0) is 25.0 Å². The molecule has 4 nitrogen and oxygen atoms in total. The summed E-state index contributed by atoms with van der Waals surface area (Å²) in [5.41, 5.74) is 4.66. The molecular weight excluding hydrogens is 248 g/mol. The molecule has 2 aliphatic rings. The molecule has 0 unspecified atom stereocenters. The summed E-state index contributed by atoms with van der Waals surface area (Å²) in [5.74, 6) is 0. The third kappa shape index (κ3) is 1.49. The first-order valence-electron chi connectivity index (χ1n) is 6.26. The lowest BCUT2D eigenvalue weighted by Gasteiger charge is -2.21. The van der Waals surface area contributed by atoms with Crippen molar-refractivity contribution in [1.82, 2.24) is 20.5 Å². The van der Waals surface area contributed by atoms with Crippen molar-refractivity contribution in [2.75, 3.05) is 0 Å². The number of fused-ring (bicyclic) bond motifs is 4. The summed E-state index contributed by atoms with van der Waals surface area (Å²) in [6.07, 6.45) is 5.30. The first-order valence-corrected chi connectivity index (χ1v) is 6.64. The minimum atomic E-state index is 0.447. The second-order valence-corrected chi connectivity index (χ2v) is 5.42. The number of nitrogens with zero attached hydrogens (tertiary/aromatic N) is 2. The Bertz CT molecular complexity index is 590. The van der Waals surface area contributed by atoms with Crippen molar-refractivity contribution in [1.29, 1.82) is 0 Å². The maximum atomic E-state index is 5.83. The van der Waals surface area contributed by atoms with E-state index in [1.165, 1.54) is 24.1 Å². The molecule has 2 aromatic heterocycles. The van der Waals surface area contributed by atoms with E-state index >= 15 is 0 Å². The van der Waals surface area contributed by atoms with Crippen LogP contribution in [0.25, 0.3) is 11.3 Å². The Morgan fingerprint density at radius 1 is 1.28 bits per heavy atom. The van der Waals surface area contributed by atoms with Crippen LogP contribution in [0.4, 0.5) is 0 Å². The van der Waals surface area contributed by atoms with Gasteiger partial charge in [-0.1, -0.05) is 11.6 Å². The molecule has 0 radical (unpaired) electrons. The minimum absolute atomic E-state index is 0.447. The summed E-state index contributed by atoms with van der Waals surface area (Å²) in [7, 11) is 0. The lowest BCUT2D eigenvalue weighted by atomic mass is 9.97. The van der Waals surface area contributed by atoms with Crippen LogP contribution in [0.5, 0.6) is 0 Å². The normalized spacial score (nSPS) is 25.2. The number of aromatic amines is 1. The van der Waals surface area contributed by atoms with Gasteiger partial charge < -0.3 is 5.32 Å². The molecule has 4 heterocycles. The van der Waals surface area contributed by atoms with Crippen molar-refractivity contribution in [3.63, 3.8) is 0 Å². The number of pyridine rings is 1. The Morgan fingerprint density at radius 2 is 2.22 bits per heavy atom. The van der Waals surface area contributed by atoms with E-state index in [0.29, 0.717) is 17.2 Å². The SMILES string of the molecule is Clc1ccc(-c2n[nH]c3c2[C@@H]2CC[C@H](C3)N2)cn1. The Balaban J connectivity index is 1.83. The van der Waals surface area contributed by atoms with Gasteiger partial charge in [-0.2, -0.15) is 5.10 Å². The highest BCUT2D eigenvalue weighted by molar-refractivity contribution is 6.29. The van der Waals surface area contributed by atoms with Gasteiger partial charge in [0.15, 0.2) is 0 Å². The number of halogens is 1. The molecule has 2 N–H and O–H groups in total. The highest BCUT2D eigenvalue weighted by atomic mass is 35.5. The van der Waals surface area contributed by atoms with E-state index in [0.717, 1.165) is 17.7 Å². The van der Waals surface area contributed by atoms with Crippen LogP contribution >= 0.6 is 11.6 Å². The van der Waals surface area contributed by atoms with Crippen molar-refractivity contribution < 1.29 is 0 Å². The fourth-order valence-electron chi connectivity index (χ4n) is 3.11. The smallest absolute Gasteiger partial charge is 0.129 e. The van der Waals surface area contributed by atoms with E-state index in [4.69, 9.17) is 11.6 Å². The monoisotopic (exact) mass is 260 g/mol. The summed E-state index contributed by atoms with van der Waals surface area (Å²) in [6.45, 7) is 0. The Labute approximate surface area is 110 Å². The first kappa shape index (κ1) is 10.5. The number of rotatable bonds is 1. The first-order chi connectivity index (χ1) is 8.81. The standard InChI is InChI=1S/C13H13ClN4/c14-11-4-1-7(6-15-11)13-12-9-3-2-8(16-9)5-10(12)17-18-13/h1,4,6,8-9,16H,2-3,5H2,(H,17,18)/t8-,9+/m1/s1. The molecular formula is C13H13ClN4. The molecule has 0 spiro atoms. The molecule has 0 aromatic carbocycles. The van der Waals surface area contributed by atoms with Crippen LogP contribution in [-0.4, -0.2) is 21.2 Å². The lowest BCUT2D eigenvalue weighted by molar-refractivity contribution is 0.511. The van der Waals surface area contributed by atoms with Gasteiger partial charge in [-0.15, -0.1) is 0 Å². The predicted octanol–water partition coefficient (Wildman–Crippen LogP) is 2.47. The Morgan fingerprint density at radius 3 is 3.06 bits per heavy atom. The molecule has 2 atom stereocenters. The van der Waals surface area contributed by atoms with Crippen LogP contribution in [0.15, 0.2) is 18.3 Å². The van der Waals surface area contributed by atoms with Crippen LogP contribution < -0.4 is 5.32 Å². The minimum Gasteiger partial charge on any atom is -0.307 e. The van der Waals surface area contributed by atoms with E-state index < -0.39 is 0 Å². The van der Waals surface area contributed by atoms with Crippen LogP contribution in [0, 0.1) is 0 Å². The number of aromatic nitrogens is 3. The Hall–Kier alpha value is -1.39. The fourth-order valence-corrected chi connectivity index (χ4v) is 3.22. The fraction of sp³-hybridized carbons (Fsp3) is 0.385. The van der Waals surface area contributed by atoms with Gasteiger partial charge in [-0.25, -0.2) is 4.98 Å². The molecule has 2 bridgehead atoms. The highest BCUT2D eigenvalue weighted by Gasteiger charge is 2.35. The van der Waals surface area contributed by atoms with Crippen molar-refractivity contribution in [2.45, 2.75) is 31.3 Å². The van der Waals surface area contributed by atoms with Crippen LogP contribution in [0.1, 0.15) is 30.1 Å². The average Bonchev–Trinajstić information content (AvgIpc) is 2.96. The molecule has 0 aliphatic carbocycles. The van der Waals surface area contributed by atoms with E-state index in [9.17, 15) is 0 Å². The second kappa shape index (κ2) is 3.80. The second-order valence-electron chi connectivity index (χ2n) is 5.03. The molecule has 5 heteroatoms. The topological polar surface area (TPSA) is 53.6 Å². The largest absolute Gasteiger partial charge is 0.307 e. The summed E-state index contributed by atoms with van der Waals surface area (Å²) in [5, 5.41) is 11.8. The van der Waals surface area contributed by atoms with Crippen molar-refractivity contribution >= 4 is 11.6 Å². The average molecular weight is 261 g/mol. The molecule has 1 fully saturated rings. The van der Waals surface area contributed by atoms with Crippen molar-refractivity contribution in [3.05, 3.63) is 34.7 Å². The van der Waals surface area contributed by atoms with Crippen LogP contribution in [0.2, 0.25) is 5.15 Å². The number of H-pyrrole nitrogens is 1. The van der Waals surface area contributed by atoms with E-state index in [1.807, 2.05) is 12.1 Å². The van der Waals surface area contributed by atoms with Gasteiger partial charge in [0.1, 0.15) is 5.15 Å². The van der Waals surface area contributed by atoms with Crippen LogP contribution in [-0.2, 0) is 6.42 Å². The summed E-state index contributed by atoms with van der Waals surface area (Å²) in [6, 6.07) is 4.86. The molecule has 0 amide bonds. The third-order valence-corrected chi connectivity index (χ3v) is 4.15. The number of nitrogens with one attached hydrogen (secondary N) is 2. The zero-order valence-corrected chi connectivity index (χ0v) is 10.5. The molecule has 2 aliphatic heterocycles. The summed E-state index contributed by atoms with van der Waals surface area (Å²) >= 11 is 5.83. The van der Waals surface area contributed by atoms with Gasteiger partial charge in [0, 0.05) is 41.5 Å². The zero-order valence-electron chi connectivity index (χ0n) is 9.78. The van der Waals surface area contributed by atoms with E-state index in [1.54, 1.807) is 6.20 Å². The maximum Gasteiger partial charge on any atom is 0.129 e. The van der Waals surface area contributed by atoms with Gasteiger partial charge in [0.25, 0.3) is 0 Å². The quantitative estimate of drug-likeness (QED) is 0.775. The predicted molar refractivity (Wildman–Crippen MR) is 69.4 cm³/mol. The van der Waals surface area contributed by atoms with Gasteiger partial charge in [0.05, 0.1) is 5.69 Å². The molecule has 92 valence electrons. The Kier molecular flexibility index (Phi) is 2.22. The molecule has 1 saturated heterocycles. The van der Waals surface area contributed by atoms with Crippen LogP contribution in [0.3, 0.4) is 0 Å². The van der Waals surface area contributed by atoms with E-state index in [-0.39, 0.29) is 0 Å². The summed E-state index contributed by atoms with van der Waals surface area (Å²) in [4.78, 5) is 4.14. The molecule has 4 rings (SSSR count). The van der Waals surface area contributed by atoms with Crippen molar-refractivity contribution in [3.8, 4) is 11.3 Å². The van der Waals surface area contributed by atoms with Gasteiger partial charge >= 0.3 is 0 Å². The van der Waals surface area contributed by atoms with Crippen molar-refractivity contribution in [2.24, 2.45) is 0 Å². The molecule has 0 saturated carbocycles. The van der Waals surface area contributed by atoms with E-state index in [2.05, 4.69) is 20.5 Å². The number of hydrogen-bond acceptors (Lipinski definition) is 3. The number of hydrogen-bond donors (Lipinski definition) is 2. The maximum absolute atomic E-state index is 5.83. The zero-order chi connectivity index (χ0) is 12.1. The highest BCUT2D eigenvalue weighted by Crippen LogP contribution is 2.39. The summed E-state index contributed by atoms with van der Waals surface area (Å²) < 4.78 is 0. The molecule has 18 heavy (non-hydrogen) atoms. The van der Waals surface area contributed by atoms with Gasteiger partial charge in [-0.3, -0.25) is 5.10 Å².